The molecule has 2 aromatic rings. The highest BCUT2D eigenvalue weighted by atomic mass is 35.5. The third kappa shape index (κ3) is 3.07. The topological polar surface area (TPSA) is 84.3 Å². The predicted molar refractivity (Wildman–Crippen MR) is 99.5 cm³/mol. The minimum absolute atomic E-state index is 0.245. The quantitative estimate of drug-likeness (QED) is 0.848. The number of nitrogens with one attached hydrogen (secondary N) is 1. The Morgan fingerprint density at radius 3 is 2.81 bits per heavy atom. The Kier molecular flexibility index (Phi) is 4.40. The normalized spacial score (nSPS) is 24.3. The fraction of sp³-hybridized carbons (Fsp3) is 0.412. The van der Waals surface area contributed by atoms with Gasteiger partial charge in [-0.1, -0.05) is 11.6 Å². The van der Waals surface area contributed by atoms with E-state index in [2.05, 4.69) is 10.4 Å². The Bertz CT molecular complexity index is 929. The summed E-state index contributed by atoms with van der Waals surface area (Å²) in [6.07, 6.45) is 5.25. The molecule has 2 aliphatic rings. The maximum Gasteiger partial charge on any atom is 0.321 e. The smallest absolute Gasteiger partial charge is 0.321 e. The van der Waals surface area contributed by atoms with Crippen LogP contribution < -0.4 is 5.32 Å². The van der Waals surface area contributed by atoms with Crippen LogP contribution in [0.2, 0.25) is 5.02 Å². The number of carbonyl (C=O) groups excluding carboxylic acids is 1. The molecule has 2 amide bonds. The number of urea groups is 1. The van der Waals surface area contributed by atoms with Gasteiger partial charge < -0.3 is 10.2 Å². The zero-order valence-electron chi connectivity index (χ0n) is 14.0. The van der Waals surface area contributed by atoms with E-state index in [1.807, 2.05) is 0 Å². The van der Waals surface area contributed by atoms with E-state index in [1.165, 1.54) is 0 Å². The molecule has 2 atom stereocenters. The Morgan fingerprint density at radius 2 is 2.04 bits per heavy atom. The number of hydrogen-bond donors (Lipinski definition) is 1. The second-order valence-corrected chi connectivity index (χ2v) is 9.64. The molecule has 0 radical (unpaired) electrons. The van der Waals surface area contributed by atoms with Gasteiger partial charge in [0, 0.05) is 30.5 Å². The fourth-order valence-electron chi connectivity index (χ4n) is 3.70. The summed E-state index contributed by atoms with van der Waals surface area (Å²) in [5, 5.41) is 6.85. The lowest BCUT2D eigenvalue weighted by atomic mass is 10.1. The zero-order valence-corrected chi connectivity index (χ0v) is 15.6. The Labute approximate surface area is 156 Å². The number of sulfone groups is 1. The highest BCUT2D eigenvalue weighted by molar-refractivity contribution is 7.93. The highest BCUT2D eigenvalue weighted by Gasteiger charge is 2.44. The van der Waals surface area contributed by atoms with E-state index in [0.29, 0.717) is 42.2 Å². The van der Waals surface area contributed by atoms with Crippen molar-refractivity contribution >= 4 is 33.2 Å². The van der Waals surface area contributed by atoms with Crippen molar-refractivity contribution in [3.63, 3.8) is 0 Å². The number of anilines is 1. The second kappa shape index (κ2) is 6.59. The van der Waals surface area contributed by atoms with Gasteiger partial charge in [0.1, 0.15) is 0 Å². The summed E-state index contributed by atoms with van der Waals surface area (Å²) in [5.74, 6) is 0. The third-order valence-electron chi connectivity index (χ3n) is 5.12. The van der Waals surface area contributed by atoms with Crippen molar-refractivity contribution in [2.75, 3.05) is 18.4 Å². The number of hydrogen-bond acceptors (Lipinski definition) is 4. The van der Waals surface area contributed by atoms with Crippen molar-refractivity contribution in [1.29, 1.82) is 0 Å². The maximum atomic E-state index is 12.8. The molecule has 7 nitrogen and oxygen atoms in total. The van der Waals surface area contributed by atoms with Crippen molar-refractivity contribution in [1.82, 2.24) is 14.7 Å². The maximum absolute atomic E-state index is 12.8. The molecule has 2 fully saturated rings. The molecule has 26 heavy (non-hydrogen) atoms. The monoisotopic (exact) mass is 394 g/mol. The summed E-state index contributed by atoms with van der Waals surface area (Å²) in [5.41, 5.74) is 1.22. The van der Waals surface area contributed by atoms with Gasteiger partial charge in [0.25, 0.3) is 0 Å². The first-order valence-electron chi connectivity index (χ1n) is 8.53. The number of nitrogens with zero attached hydrogens (tertiary/aromatic N) is 3. The lowest BCUT2D eigenvalue weighted by Crippen LogP contribution is -2.40. The molecule has 138 valence electrons. The van der Waals surface area contributed by atoms with Crippen LogP contribution in [0, 0.1) is 0 Å². The summed E-state index contributed by atoms with van der Waals surface area (Å²) < 4.78 is 26.4. The molecular formula is C17H19ClN4O3S. The van der Waals surface area contributed by atoms with Crippen LogP contribution in [0.4, 0.5) is 10.5 Å². The molecule has 4 rings (SSSR count). The van der Waals surface area contributed by atoms with E-state index in [9.17, 15) is 13.2 Å². The van der Waals surface area contributed by atoms with E-state index < -0.39 is 15.1 Å². The minimum Gasteiger partial charge on any atom is -0.323 e. The second-order valence-electron chi connectivity index (χ2n) is 6.69. The van der Waals surface area contributed by atoms with Crippen LogP contribution >= 0.6 is 11.6 Å². The molecule has 1 aromatic heterocycles. The Balaban J connectivity index is 1.56. The van der Waals surface area contributed by atoms with Crippen LogP contribution in [-0.2, 0) is 9.84 Å². The average Bonchev–Trinajstić information content (AvgIpc) is 3.16. The summed E-state index contributed by atoms with van der Waals surface area (Å²) in [6, 6.07) is 6.61. The molecule has 1 N–H and O–H groups in total. The van der Waals surface area contributed by atoms with Crippen LogP contribution in [0.3, 0.4) is 0 Å². The molecule has 0 aliphatic carbocycles. The predicted octanol–water partition coefficient (Wildman–Crippen LogP) is 2.71. The number of fused-ring (bicyclic) bond motifs is 2. The van der Waals surface area contributed by atoms with E-state index in [0.717, 1.165) is 0 Å². The van der Waals surface area contributed by atoms with Gasteiger partial charge in [-0.25, -0.2) is 17.9 Å². The molecule has 9 heteroatoms. The first-order valence-corrected chi connectivity index (χ1v) is 10.5. The highest BCUT2D eigenvalue weighted by Crippen LogP contribution is 2.33. The van der Waals surface area contributed by atoms with Crippen molar-refractivity contribution in [3.8, 4) is 5.69 Å². The largest absolute Gasteiger partial charge is 0.323 e. The van der Waals surface area contributed by atoms with Gasteiger partial charge >= 0.3 is 6.03 Å². The summed E-state index contributed by atoms with van der Waals surface area (Å²) >= 11 is 6.08. The van der Waals surface area contributed by atoms with Crippen LogP contribution in [-0.4, -0.2) is 52.7 Å². The van der Waals surface area contributed by atoms with E-state index in [-0.39, 0.29) is 17.8 Å². The first kappa shape index (κ1) is 17.4. The lowest BCUT2D eigenvalue weighted by molar-refractivity contribution is 0.209. The third-order valence-corrected chi connectivity index (χ3v) is 8.07. The fourth-order valence-corrected chi connectivity index (χ4v) is 6.16. The van der Waals surface area contributed by atoms with E-state index in [4.69, 9.17) is 11.6 Å². The summed E-state index contributed by atoms with van der Waals surface area (Å²) in [6.45, 7) is 0.687. The Hall–Kier alpha value is -2.06. The van der Waals surface area contributed by atoms with E-state index in [1.54, 1.807) is 46.2 Å². The van der Waals surface area contributed by atoms with Crippen molar-refractivity contribution in [3.05, 3.63) is 41.7 Å². The Morgan fingerprint density at radius 1 is 1.23 bits per heavy atom. The van der Waals surface area contributed by atoms with Crippen LogP contribution in [0.5, 0.6) is 0 Å². The number of carbonyl (C=O) groups is 1. The number of likely N-dealkylation sites (tertiary alicyclic amines) is 1. The van der Waals surface area contributed by atoms with E-state index >= 15 is 0 Å². The number of benzene rings is 1. The SMILES string of the molecule is O=C(Nc1ccc(Cl)cc1-n1cccn1)N1CCC2CCC(C1)S2(=O)=O. The van der Waals surface area contributed by atoms with Gasteiger partial charge in [-0.15, -0.1) is 0 Å². The molecule has 2 bridgehead atoms. The first-order chi connectivity index (χ1) is 12.4. The molecule has 2 unspecified atom stereocenters. The molecule has 0 saturated carbocycles. The van der Waals surface area contributed by atoms with Gasteiger partial charge in [0.2, 0.25) is 0 Å². The summed E-state index contributed by atoms with van der Waals surface area (Å²) in [7, 11) is -3.11. The van der Waals surface area contributed by atoms with Gasteiger partial charge in [0.15, 0.2) is 9.84 Å². The molecular weight excluding hydrogens is 376 g/mol. The minimum atomic E-state index is -3.11. The average molecular weight is 395 g/mol. The number of amides is 2. The molecule has 2 saturated heterocycles. The van der Waals surface area contributed by atoms with Crippen LogP contribution in [0.1, 0.15) is 19.3 Å². The number of rotatable bonds is 2. The van der Waals surface area contributed by atoms with Crippen LogP contribution in [0.25, 0.3) is 5.69 Å². The molecule has 0 spiro atoms. The zero-order chi connectivity index (χ0) is 18.3. The standard InChI is InChI=1S/C17H19ClN4O3S/c18-12-2-5-15(16(10-12)22-8-1-7-19-22)20-17(23)21-9-6-13-3-4-14(11-21)26(13,24)25/h1-2,5,7-8,10,13-14H,3-4,6,9,11H2,(H,20,23). The molecule has 2 aliphatic heterocycles. The molecule has 1 aromatic carbocycles. The number of halogens is 1. The van der Waals surface area contributed by atoms with Gasteiger partial charge in [-0.3, -0.25) is 0 Å². The van der Waals surface area contributed by atoms with Crippen molar-refractivity contribution in [2.45, 2.75) is 29.8 Å². The summed E-state index contributed by atoms with van der Waals surface area (Å²) in [4.78, 5) is 14.4. The van der Waals surface area contributed by atoms with Crippen molar-refractivity contribution < 1.29 is 13.2 Å². The number of aromatic nitrogens is 2. The van der Waals surface area contributed by atoms with Gasteiger partial charge in [-0.05, 0) is 43.5 Å². The lowest BCUT2D eigenvalue weighted by Gasteiger charge is -2.24. The van der Waals surface area contributed by atoms with Gasteiger partial charge in [-0.2, -0.15) is 5.10 Å². The van der Waals surface area contributed by atoms with Crippen molar-refractivity contribution in [2.24, 2.45) is 0 Å². The molecule has 3 heterocycles. The van der Waals surface area contributed by atoms with Gasteiger partial charge in [0.05, 0.1) is 21.9 Å². The van der Waals surface area contributed by atoms with Crippen LogP contribution in [0.15, 0.2) is 36.7 Å².